The molecule has 5 rings (SSSR count). The number of carbonyl (C=O) groups is 2. The van der Waals surface area contributed by atoms with Crippen molar-refractivity contribution in [1.29, 1.82) is 0 Å². The zero-order valence-corrected chi connectivity index (χ0v) is 21.2. The van der Waals surface area contributed by atoms with Gasteiger partial charge in [0.1, 0.15) is 0 Å². The Morgan fingerprint density at radius 3 is 2.56 bits per heavy atom. The minimum Gasteiger partial charge on any atom is -0.503 e. The molecule has 36 heavy (non-hydrogen) atoms. The monoisotopic (exact) mass is 497 g/mol. The van der Waals surface area contributed by atoms with Crippen LogP contribution in [-0.4, -0.2) is 26.8 Å². The van der Waals surface area contributed by atoms with Crippen LogP contribution in [0.2, 0.25) is 0 Å². The van der Waals surface area contributed by atoms with Crippen molar-refractivity contribution in [3.63, 3.8) is 0 Å². The van der Waals surface area contributed by atoms with E-state index in [0.717, 1.165) is 15.8 Å². The fourth-order valence-electron chi connectivity index (χ4n) is 4.46. The van der Waals surface area contributed by atoms with Gasteiger partial charge in [0.2, 0.25) is 0 Å². The number of pyridine rings is 1. The number of hydrogen-bond donors (Lipinski definition) is 1. The number of aromatic nitrogens is 2. The van der Waals surface area contributed by atoms with E-state index >= 15 is 0 Å². The standard InChI is InChI=1S/C29H27N3O3S/c1-29(2,3)20-12-13-21-23(16-20)36-28(31-21)32-25(19-10-7-15-30-17-19)24(26(34)27(32)35)22(33)14-11-18-8-5-4-6-9-18/h4-10,12-13,15-17,25,34H,11,14H2,1-3H3. The molecule has 0 aliphatic carbocycles. The predicted molar refractivity (Wildman–Crippen MR) is 142 cm³/mol. The molecule has 2 aromatic heterocycles. The highest BCUT2D eigenvalue weighted by molar-refractivity contribution is 7.22. The van der Waals surface area contributed by atoms with E-state index in [1.54, 1.807) is 18.5 Å². The summed E-state index contributed by atoms with van der Waals surface area (Å²) in [6.07, 6.45) is 3.95. The molecule has 1 aliphatic heterocycles. The summed E-state index contributed by atoms with van der Waals surface area (Å²) in [7, 11) is 0. The SMILES string of the molecule is CC(C)(C)c1ccc2nc(N3C(=O)C(O)=C(C(=O)CCc4ccccc4)C3c3cccnc3)sc2c1. The number of carbonyl (C=O) groups excluding carboxylic acids is 2. The highest BCUT2D eigenvalue weighted by Gasteiger charge is 2.45. The average molecular weight is 498 g/mol. The van der Waals surface area contributed by atoms with Crippen LogP contribution < -0.4 is 4.90 Å². The molecule has 1 unspecified atom stereocenters. The number of thiazole rings is 1. The number of aliphatic hydroxyl groups excluding tert-OH is 1. The lowest BCUT2D eigenvalue weighted by atomic mass is 9.87. The van der Waals surface area contributed by atoms with Crippen molar-refractivity contribution >= 4 is 38.4 Å². The van der Waals surface area contributed by atoms with Gasteiger partial charge in [-0.05, 0) is 46.7 Å². The van der Waals surface area contributed by atoms with E-state index in [-0.39, 0.29) is 23.2 Å². The highest BCUT2D eigenvalue weighted by atomic mass is 32.1. The van der Waals surface area contributed by atoms with E-state index in [1.165, 1.54) is 21.8 Å². The molecule has 182 valence electrons. The summed E-state index contributed by atoms with van der Waals surface area (Å²) in [5.74, 6) is -1.41. The van der Waals surface area contributed by atoms with E-state index in [2.05, 4.69) is 31.8 Å². The van der Waals surface area contributed by atoms with Gasteiger partial charge < -0.3 is 5.11 Å². The summed E-state index contributed by atoms with van der Waals surface area (Å²) in [6, 6.07) is 18.6. The molecule has 1 aliphatic rings. The second-order valence-electron chi connectivity index (χ2n) is 9.96. The van der Waals surface area contributed by atoms with Crippen molar-refractivity contribution in [2.45, 2.75) is 45.1 Å². The van der Waals surface area contributed by atoms with Crippen LogP contribution in [0.1, 0.15) is 49.9 Å². The number of anilines is 1. The molecule has 1 atom stereocenters. The van der Waals surface area contributed by atoms with Gasteiger partial charge in [0.05, 0.1) is 21.8 Å². The van der Waals surface area contributed by atoms with Crippen molar-refractivity contribution < 1.29 is 14.7 Å². The average Bonchev–Trinajstić information content (AvgIpc) is 3.41. The van der Waals surface area contributed by atoms with Crippen molar-refractivity contribution in [3.8, 4) is 0 Å². The number of aryl methyl sites for hydroxylation is 1. The molecule has 1 amide bonds. The fraction of sp³-hybridized carbons (Fsp3) is 0.241. The third-order valence-corrected chi connectivity index (χ3v) is 7.46. The first kappa shape index (κ1) is 23.9. The Labute approximate surface area is 214 Å². The molecule has 0 bridgehead atoms. The number of fused-ring (bicyclic) bond motifs is 1. The minimum atomic E-state index is -0.794. The number of aliphatic hydroxyl groups is 1. The van der Waals surface area contributed by atoms with Crippen LogP contribution >= 0.6 is 11.3 Å². The van der Waals surface area contributed by atoms with E-state index in [9.17, 15) is 14.7 Å². The summed E-state index contributed by atoms with van der Waals surface area (Å²) >= 11 is 1.38. The van der Waals surface area contributed by atoms with Crippen LogP contribution in [-0.2, 0) is 21.4 Å². The summed E-state index contributed by atoms with van der Waals surface area (Å²) in [6.45, 7) is 6.44. The maximum absolute atomic E-state index is 13.4. The van der Waals surface area contributed by atoms with Gasteiger partial charge in [0.15, 0.2) is 16.7 Å². The normalized spacial score (nSPS) is 16.2. The Hall–Kier alpha value is -3.84. The van der Waals surface area contributed by atoms with Gasteiger partial charge in [-0.3, -0.25) is 19.5 Å². The van der Waals surface area contributed by atoms with Gasteiger partial charge in [-0.2, -0.15) is 0 Å². The molecule has 0 saturated heterocycles. The Bertz CT molecular complexity index is 1470. The Kier molecular flexibility index (Phi) is 6.18. The van der Waals surface area contributed by atoms with Crippen molar-refractivity contribution in [2.75, 3.05) is 4.90 Å². The van der Waals surface area contributed by atoms with Crippen LogP contribution in [0.4, 0.5) is 5.13 Å². The summed E-state index contributed by atoms with van der Waals surface area (Å²) in [5, 5.41) is 11.4. The van der Waals surface area contributed by atoms with Gasteiger partial charge in [-0.25, -0.2) is 4.98 Å². The maximum Gasteiger partial charge on any atom is 0.296 e. The molecule has 0 fully saturated rings. The lowest BCUT2D eigenvalue weighted by Gasteiger charge is -2.24. The molecule has 0 spiro atoms. The third kappa shape index (κ3) is 4.42. The largest absolute Gasteiger partial charge is 0.503 e. The molecule has 6 nitrogen and oxygen atoms in total. The number of benzene rings is 2. The lowest BCUT2D eigenvalue weighted by molar-refractivity contribution is -0.118. The molecule has 3 heterocycles. The second-order valence-corrected chi connectivity index (χ2v) is 11.0. The number of Topliss-reactive ketones (excluding diaryl/α,β-unsaturated/α-hetero) is 1. The van der Waals surface area contributed by atoms with Crippen molar-refractivity contribution in [2.24, 2.45) is 0 Å². The summed E-state index contributed by atoms with van der Waals surface area (Å²) in [4.78, 5) is 37.2. The Morgan fingerprint density at radius 1 is 1.08 bits per heavy atom. The zero-order valence-electron chi connectivity index (χ0n) is 20.4. The molecular weight excluding hydrogens is 470 g/mol. The van der Waals surface area contributed by atoms with E-state index in [4.69, 9.17) is 4.98 Å². The first-order chi connectivity index (χ1) is 17.2. The minimum absolute atomic E-state index is 0.0295. The van der Waals surface area contributed by atoms with Crippen LogP contribution in [0.3, 0.4) is 0 Å². The summed E-state index contributed by atoms with van der Waals surface area (Å²) in [5.41, 5.74) is 3.67. The fourth-order valence-corrected chi connectivity index (χ4v) is 5.49. The van der Waals surface area contributed by atoms with Crippen LogP contribution in [0.15, 0.2) is 84.4 Å². The number of rotatable bonds is 6. The first-order valence-electron chi connectivity index (χ1n) is 11.9. The highest BCUT2D eigenvalue weighted by Crippen LogP contribution is 2.44. The van der Waals surface area contributed by atoms with Crippen molar-refractivity contribution in [3.05, 3.63) is 101 Å². The van der Waals surface area contributed by atoms with Crippen LogP contribution in [0.25, 0.3) is 10.2 Å². The second kappa shape index (κ2) is 9.32. The van der Waals surface area contributed by atoms with Gasteiger partial charge in [-0.15, -0.1) is 0 Å². The number of nitrogens with zero attached hydrogens (tertiary/aromatic N) is 3. The smallest absolute Gasteiger partial charge is 0.296 e. The van der Waals surface area contributed by atoms with E-state index in [0.29, 0.717) is 17.1 Å². The van der Waals surface area contributed by atoms with Gasteiger partial charge >= 0.3 is 0 Å². The Balaban J connectivity index is 1.54. The number of ketones is 1. The zero-order chi connectivity index (χ0) is 25.4. The summed E-state index contributed by atoms with van der Waals surface area (Å²) < 4.78 is 0.943. The number of hydrogen-bond acceptors (Lipinski definition) is 6. The van der Waals surface area contributed by atoms with Crippen LogP contribution in [0.5, 0.6) is 0 Å². The predicted octanol–water partition coefficient (Wildman–Crippen LogP) is 6.09. The topological polar surface area (TPSA) is 83.4 Å². The van der Waals surface area contributed by atoms with E-state index < -0.39 is 17.7 Å². The van der Waals surface area contributed by atoms with E-state index in [1.807, 2.05) is 48.5 Å². The lowest BCUT2D eigenvalue weighted by Crippen LogP contribution is -2.31. The van der Waals surface area contributed by atoms with Crippen LogP contribution in [0, 0.1) is 0 Å². The Morgan fingerprint density at radius 2 is 1.86 bits per heavy atom. The molecule has 0 saturated carbocycles. The van der Waals surface area contributed by atoms with Gasteiger partial charge in [-0.1, -0.05) is 74.6 Å². The van der Waals surface area contributed by atoms with Crippen molar-refractivity contribution in [1.82, 2.24) is 9.97 Å². The first-order valence-corrected chi connectivity index (χ1v) is 12.7. The number of amides is 1. The third-order valence-electron chi connectivity index (χ3n) is 6.44. The van der Waals surface area contributed by atoms with Gasteiger partial charge in [0.25, 0.3) is 5.91 Å². The quantitative estimate of drug-likeness (QED) is 0.348. The van der Waals surface area contributed by atoms with Gasteiger partial charge in [0, 0.05) is 18.8 Å². The maximum atomic E-state index is 13.4. The molecule has 4 aromatic rings. The molecule has 2 aromatic carbocycles. The molecular formula is C29H27N3O3S. The molecule has 7 heteroatoms. The molecule has 0 radical (unpaired) electrons. The molecule has 1 N–H and O–H groups in total.